The Morgan fingerprint density at radius 3 is 2.84 bits per heavy atom. The molecule has 0 aliphatic heterocycles. The number of rotatable bonds is 5. The van der Waals surface area contributed by atoms with Gasteiger partial charge in [0.25, 0.3) is 0 Å². The maximum atomic E-state index is 9.00. The number of anilines is 1. The van der Waals surface area contributed by atoms with Crippen molar-refractivity contribution in [3.63, 3.8) is 0 Å². The number of benzene rings is 1. The van der Waals surface area contributed by atoms with E-state index in [0.29, 0.717) is 23.5 Å². The van der Waals surface area contributed by atoms with Crippen LogP contribution >= 0.6 is 0 Å². The fourth-order valence-electron chi connectivity index (χ4n) is 1.67. The summed E-state index contributed by atoms with van der Waals surface area (Å²) in [4.78, 5) is 4.11. The molecule has 5 heteroatoms. The van der Waals surface area contributed by atoms with E-state index in [-0.39, 0.29) is 6.61 Å². The van der Waals surface area contributed by atoms with Crippen molar-refractivity contribution in [1.82, 2.24) is 4.98 Å². The van der Waals surface area contributed by atoms with Crippen molar-refractivity contribution in [2.45, 2.75) is 25.5 Å². The Bertz CT molecular complexity index is 597. The molecule has 96 valence electrons. The summed E-state index contributed by atoms with van der Waals surface area (Å²) in [5, 5.41) is 12.1. The summed E-state index contributed by atoms with van der Waals surface area (Å²) in [6, 6.07) is 11.9. The Kier molecular flexibility index (Phi) is 3.07. The Hall–Kier alpha value is -2.48. The molecule has 1 fully saturated rings. The lowest BCUT2D eigenvalue weighted by Gasteiger charge is -2.02. The monoisotopic (exact) mass is 255 g/mol. The lowest BCUT2D eigenvalue weighted by molar-refractivity contribution is 0.265. The van der Waals surface area contributed by atoms with Gasteiger partial charge in [-0.3, -0.25) is 0 Å². The minimum atomic E-state index is 0.213. The van der Waals surface area contributed by atoms with E-state index in [1.165, 1.54) is 0 Å². The molecule has 1 N–H and O–H groups in total. The third-order valence-corrected chi connectivity index (χ3v) is 2.80. The Balaban J connectivity index is 1.67. The summed E-state index contributed by atoms with van der Waals surface area (Å²) in [7, 11) is 0. The molecule has 0 amide bonds. The highest BCUT2D eigenvalue weighted by atomic mass is 16.5. The topological polar surface area (TPSA) is 71.1 Å². The van der Waals surface area contributed by atoms with Crippen LogP contribution in [0.1, 0.15) is 24.4 Å². The molecular weight excluding hydrogens is 242 g/mol. The predicted octanol–water partition coefficient (Wildman–Crippen LogP) is 2.70. The van der Waals surface area contributed by atoms with Crippen LogP contribution in [0.3, 0.4) is 0 Å². The minimum Gasteiger partial charge on any atom is -0.484 e. The van der Waals surface area contributed by atoms with E-state index in [1.807, 2.05) is 36.4 Å². The zero-order valence-corrected chi connectivity index (χ0v) is 10.3. The second-order valence-electron chi connectivity index (χ2n) is 4.42. The van der Waals surface area contributed by atoms with Crippen LogP contribution in [0.5, 0.6) is 5.75 Å². The molecule has 1 aromatic heterocycles. The van der Waals surface area contributed by atoms with Crippen LogP contribution in [-0.4, -0.2) is 11.0 Å². The van der Waals surface area contributed by atoms with E-state index < -0.39 is 0 Å². The molecule has 1 saturated carbocycles. The van der Waals surface area contributed by atoms with E-state index >= 15 is 0 Å². The summed E-state index contributed by atoms with van der Waals surface area (Å²) < 4.78 is 11.0. The Morgan fingerprint density at radius 2 is 2.16 bits per heavy atom. The lowest BCUT2D eigenvalue weighted by Crippen LogP contribution is -2.00. The van der Waals surface area contributed by atoms with Gasteiger partial charge in [-0.15, -0.1) is 0 Å². The van der Waals surface area contributed by atoms with Crippen molar-refractivity contribution in [2.75, 3.05) is 5.32 Å². The van der Waals surface area contributed by atoms with Crippen molar-refractivity contribution in [2.24, 2.45) is 0 Å². The molecule has 19 heavy (non-hydrogen) atoms. The molecular formula is C14H13N3O2. The van der Waals surface area contributed by atoms with Gasteiger partial charge in [0.2, 0.25) is 17.5 Å². The number of nitrogens with zero attached hydrogens (tertiary/aromatic N) is 2. The molecule has 1 aromatic carbocycles. The molecule has 2 aromatic rings. The van der Waals surface area contributed by atoms with Gasteiger partial charge in [0, 0.05) is 6.04 Å². The molecule has 5 nitrogen and oxygen atoms in total. The molecule has 0 radical (unpaired) electrons. The summed E-state index contributed by atoms with van der Waals surface area (Å²) in [5.74, 6) is 1.61. The van der Waals surface area contributed by atoms with Gasteiger partial charge < -0.3 is 14.5 Å². The average molecular weight is 255 g/mol. The zero-order chi connectivity index (χ0) is 13.1. The molecule has 3 rings (SSSR count). The van der Waals surface area contributed by atoms with E-state index in [9.17, 15) is 0 Å². The normalized spacial score (nSPS) is 13.8. The summed E-state index contributed by atoms with van der Waals surface area (Å²) in [6.07, 6.45) is 2.23. The molecule has 0 atom stereocenters. The van der Waals surface area contributed by atoms with E-state index in [4.69, 9.17) is 14.4 Å². The van der Waals surface area contributed by atoms with Gasteiger partial charge in [0.15, 0.2) is 6.61 Å². The summed E-state index contributed by atoms with van der Waals surface area (Å²) >= 11 is 0. The van der Waals surface area contributed by atoms with Crippen LogP contribution in [-0.2, 0) is 6.61 Å². The van der Waals surface area contributed by atoms with Crippen molar-refractivity contribution < 1.29 is 9.15 Å². The van der Waals surface area contributed by atoms with Crippen LogP contribution < -0.4 is 10.1 Å². The fraction of sp³-hybridized carbons (Fsp3) is 0.286. The number of hydrogen-bond acceptors (Lipinski definition) is 5. The van der Waals surface area contributed by atoms with Crippen LogP contribution in [0.4, 0.5) is 5.88 Å². The number of nitrogens with one attached hydrogen (secondary N) is 1. The molecule has 0 bridgehead atoms. The first-order chi connectivity index (χ1) is 9.35. The van der Waals surface area contributed by atoms with Gasteiger partial charge in [0.05, 0.1) is 0 Å². The highest BCUT2D eigenvalue weighted by Crippen LogP contribution is 2.27. The lowest BCUT2D eigenvalue weighted by atomic mass is 10.3. The smallest absolute Gasteiger partial charge is 0.236 e. The van der Waals surface area contributed by atoms with Gasteiger partial charge in [0.1, 0.15) is 11.8 Å². The number of nitriles is 1. The van der Waals surface area contributed by atoms with Crippen LogP contribution in [0.2, 0.25) is 0 Å². The van der Waals surface area contributed by atoms with Gasteiger partial charge in [-0.2, -0.15) is 10.2 Å². The number of hydrogen-bond donors (Lipinski definition) is 1. The van der Waals surface area contributed by atoms with Crippen LogP contribution in [0.15, 0.2) is 34.7 Å². The molecule has 0 unspecified atom stereocenters. The van der Waals surface area contributed by atoms with E-state index in [0.717, 1.165) is 18.6 Å². The van der Waals surface area contributed by atoms with Gasteiger partial charge in [-0.25, -0.2) is 0 Å². The standard InChI is InChI=1S/C14H13N3O2/c15-8-12-14(16-10-6-7-10)19-13(17-12)9-18-11-4-2-1-3-5-11/h1-5,10,16H,6-7,9H2. The highest BCUT2D eigenvalue weighted by molar-refractivity contribution is 5.46. The minimum absolute atomic E-state index is 0.213. The number of oxazole rings is 1. The SMILES string of the molecule is N#Cc1nc(COc2ccccc2)oc1NC1CC1. The third-order valence-electron chi connectivity index (χ3n) is 2.80. The number of para-hydroxylation sites is 1. The van der Waals surface area contributed by atoms with Crippen LogP contribution in [0.25, 0.3) is 0 Å². The van der Waals surface area contributed by atoms with Crippen molar-refractivity contribution in [3.8, 4) is 11.8 Å². The third kappa shape index (κ3) is 2.86. The number of aromatic nitrogens is 1. The fourth-order valence-corrected chi connectivity index (χ4v) is 1.67. The molecule has 0 spiro atoms. The second kappa shape index (κ2) is 5.02. The molecule has 1 aliphatic rings. The summed E-state index contributed by atoms with van der Waals surface area (Å²) in [5.41, 5.74) is 0.290. The van der Waals surface area contributed by atoms with Gasteiger partial charge >= 0.3 is 0 Å². The van der Waals surface area contributed by atoms with Crippen molar-refractivity contribution >= 4 is 5.88 Å². The first-order valence-electron chi connectivity index (χ1n) is 6.19. The molecule has 1 heterocycles. The maximum Gasteiger partial charge on any atom is 0.236 e. The van der Waals surface area contributed by atoms with E-state index in [2.05, 4.69) is 10.3 Å². The predicted molar refractivity (Wildman–Crippen MR) is 68.6 cm³/mol. The van der Waals surface area contributed by atoms with Crippen LogP contribution in [0, 0.1) is 11.3 Å². The molecule has 1 aliphatic carbocycles. The van der Waals surface area contributed by atoms with Gasteiger partial charge in [-0.05, 0) is 25.0 Å². The maximum absolute atomic E-state index is 9.00. The molecule has 0 saturated heterocycles. The van der Waals surface area contributed by atoms with Crippen molar-refractivity contribution in [1.29, 1.82) is 5.26 Å². The summed E-state index contributed by atoms with van der Waals surface area (Å²) in [6.45, 7) is 0.213. The highest BCUT2D eigenvalue weighted by Gasteiger charge is 2.25. The quantitative estimate of drug-likeness (QED) is 0.889. The van der Waals surface area contributed by atoms with Crippen molar-refractivity contribution in [3.05, 3.63) is 41.9 Å². The average Bonchev–Trinajstić information content (AvgIpc) is 3.17. The van der Waals surface area contributed by atoms with Gasteiger partial charge in [-0.1, -0.05) is 18.2 Å². The first-order valence-corrected chi connectivity index (χ1v) is 6.19. The second-order valence-corrected chi connectivity index (χ2v) is 4.42. The number of ether oxygens (including phenoxy) is 1. The first kappa shape index (κ1) is 11.6. The zero-order valence-electron chi connectivity index (χ0n) is 10.3. The van der Waals surface area contributed by atoms with E-state index in [1.54, 1.807) is 0 Å². The largest absolute Gasteiger partial charge is 0.484 e. The Morgan fingerprint density at radius 1 is 1.37 bits per heavy atom. The Labute approximate surface area is 110 Å².